The van der Waals surface area contributed by atoms with Crippen molar-refractivity contribution in [3.8, 4) is 0 Å². The summed E-state index contributed by atoms with van der Waals surface area (Å²) < 4.78 is 0. The van der Waals surface area contributed by atoms with Crippen LogP contribution in [0.3, 0.4) is 0 Å². The molecule has 3 nitrogen and oxygen atoms in total. The first kappa shape index (κ1) is 31.5. The van der Waals surface area contributed by atoms with E-state index in [9.17, 15) is 0 Å². The molecule has 0 N–H and O–H groups in total. The summed E-state index contributed by atoms with van der Waals surface area (Å²) in [4.78, 5) is 16.2. The zero-order valence-electron chi connectivity index (χ0n) is 30.4. The van der Waals surface area contributed by atoms with Crippen LogP contribution in [-0.4, -0.2) is 16.5 Å². The SMILES string of the molecule is C\C1=C(c2ccc3ccc4ccccc4c3c2)/N=C(c2cc3c(ccc4ccc5ccccc5c43)cn2)\N=C(\c2cc3ccccc3c3ccccc23)CC1. The Kier molecular flexibility index (Phi) is 7.21. The number of benzene rings is 9. The summed E-state index contributed by atoms with van der Waals surface area (Å²) in [7, 11) is 0. The van der Waals surface area contributed by atoms with Gasteiger partial charge in [0.25, 0.3) is 0 Å². The Hall–Kier alpha value is -6.97. The first-order chi connectivity index (χ1) is 27.2. The van der Waals surface area contributed by atoms with Gasteiger partial charge in [0, 0.05) is 22.7 Å². The molecule has 0 spiro atoms. The van der Waals surface area contributed by atoms with E-state index in [0.717, 1.165) is 51.8 Å². The highest BCUT2D eigenvalue weighted by molar-refractivity contribution is 6.24. The van der Waals surface area contributed by atoms with Crippen LogP contribution in [0.2, 0.25) is 0 Å². The third-order valence-corrected chi connectivity index (χ3v) is 11.5. The Bertz CT molecular complexity index is 3320. The number of pyridine rings is 1. The second kappa shape index (κ2) is 12.6. The fourth-order valence-corrected chi connectivity index (χ4v) is 8.74. The molecule has 0 aliphatic carbocycles. The number of hydrogen-bond acceptors (Lipinski definition) is 3. The van der Waals surface area contributed by atoms with Gasteiger partial charge >= 0.3 is 0 Å². The summed E-state index contributed by atoms with van der Waals surface area (Å²) in [6.07, 6.45) is 3.60. The highest BCUT2D eigenvalue weighted by Gasteiger charge is 2.20. The van der Waals surface area contributed by atoms with E-state index in [0.29, 0.717) is 5.84 Å². The fourth-order valence-electron chi connectivity index (χ4n) is 8.74. The van der Waals surface area contributed by atoms with Gasteiger partial charge in [0.2, 0.25) is 0 Å². The van der Waals surface area contributed by atoms with Crippen LogP contribution >= 0.6 is 0 Å². The molecule has 1 aliphatic rings. The van der Waals surface area contributed by atoms with Crippen LogP contribution in [0, 0.1) is 0 Å². The summed E-state index contributed by atoms with van der Waals surface area (Å²) in [6, 6.07) is 59.2. The number of hydrogen-bond donors (Lipinski definition) is 0. The number of amidine groups is 1. The van der Waals surface area contributed by atoms with Crippen LogP contribution < -0.4 is 0 Å². The van der Waals surface area contributed by atoms with E-state index in [1.165, 1.54) is 70.2 Å². The third-order valence-electron chi connectivity index (χ3n) is 11.5. The molecular weight excluding hydrogens is 667 g/mol. The molecule has 0 unspecified atom stereocenters. The molecule has 258 valence electrons. The molecule has 11 rings (SSSR count). The van der Waals surface area contributed by atoms with Crippen LogP contribution in [0.4, 0.5) is 0 Å². The van der Waals surface area contributed by atoms with Gasteiger partial charge in [0.15, 0.2) is 5.84 Å². The quantitative estimate of drug-likeness (QED) is 0.169. The Labute approximate surface area is 318 Å². The van der Waals surface area contributed by atoms with Gasteiger partial charge in [-0.15, -0.1) is 0 Å². The topological polar surface area (TPSA) is 37.6 Å². The van der Waals surface area contributed by atoms with Gasteiger partial charge in [-0.25, -0.2) is 9.98 Å². The van der Waals surface area contributed by atoms with Crippen LogP contribution in [0.25, 0.3) is 81.1 Å². The summed E-state index contributed by atoms with van der Waals surface area (Å²) in [6.45, 7) is 2.23. The molecule has 10 aromatic rings. The van der Waals surface area contributed by atoms with Gasteiger partial charge in [0.1, 0.15) is 5.69 Å². The number of rotatable bonds is 3. The monoisotopic (exact) mass is 701 g/mol. The standard InChI is InChI=1S/C52H35N3/c1-32-18-27-48(47-28-37-12-4-6-14-41(37)43-16-8-9-17-44(43)47)54-52(55-51(32)38-25-22-35-20-19-33-10-2-5-13-40(33)45(35)29-38)49-30-46-39(31-53-49)26-24-36-23-21-34-11-3-7-15-42(34)50(36)46/h2-17,19-26,28-31H,18,27H2,1H3/b51-32+,54-48+,55-52-. The van der Waals surface area contributed by atoms with Crippen molar-refractivity contribution in [2.45, 2.75) is 19.8 Å². The van der Waals surface area contributed by atoms with E-state index in [-0.39, 0.29) is 0 Å². The smallest absolute Gasteiger partial charge is 0.178 e. The highest BCUT2D eigenvalue weighted by Crippen LogP contribution is 2.36. The second-order valence-electron chi connectivity index (χ2n) is 14.8. The lowest BCUT2D eigenvalue weighted by molar-refractivity contribution is 1.00. The largest absolute Gasteiger partial charge is 0.252 e. The molecule has 0 saturated carbocycles. The molecule has 0 bridgehead atoms. The average molecular weight is 702 g/mol. The molecular formula is C52H35N3. The Morgan fingerprint density at radius 3 is 1.78 bits per heavy atom. The predicted molar refractivity (Wildman–Crippen MR) is 235 cm³/mol. The number of aliphatic imine (C=N–C) groups is 2. The normalized spacial score (nSPS) is 17.1. The minimum atomic E-state index is 0.624. The third kappa shape index (κ3) is 5.23. The zero-order chi connectivity index (χ0) is 36.5. The zero-order valence-corrected chi connectivity index (χ0v) is 30.4. The van der Waals surface area contributed by atoms with Gasteiger partial charge in [0.05, 0.1) is 11.4 Å². The Morgan fingerprint density at radius 1 is 0.418 bits per heavy atom. The molecule has 9 aromatic carbocycles. The molecule has 0 radical (unpaired) electrons. The Balaban J connectivity index is 1.18. The van der Waals surface area contributed by atoms with Crippen molar-refractivity contribution in [1.29, 1.82) is 0 Å². The molecule has 3 heteroatoms. The van der Waals surface area contributed by atoms with Crippen LogP contribution in [-0.2, 0) is 0 Å². The number of aromatic nitrogens is 1. The van der Waals surface area contributed by atoms with Crippen molar-refractivity contribution >= 4 is 92.7 Å². The molecule has 1 aliphatic heterocycles. The van der Waals surface area contributed by atoms with Gasteiger partial charge < -0.3 is 0 Å². The van der Waals surface area contributed by atoms with E-state index in [1.807, 2.05) is 6.20 Å². The first-order valence-corrected chi connectivity index (χ1v) is 19.1. The highest BCUT2D eigenvalue weighted by atomic mass is 15.0. The predicted octanol–water partition coefficient (Wildman–Crippen LogP) is 13.6. The van der Waals surface area contributed by atoms with Crippen LogP contribution in [0.5, 0.6) is 0 Å². The fraction of sp³-hybridized carbons (Fsp3) is 0.0577. The molecule has 55 heavy (non-hydrogen) atoms. The van der Waals surface area contributed by atoms with Crippen molar-refractivity contribution in [1.82, 2.24) is 4.98 Å². The molecule has 0 fully saturated rings. The van der Waals surface area contributed by atoms with Gasteiger partial charge in [-0.05, 0) is 114 Å². The maximum atomic E-state index is 5.57. The molecule has 0 atom stereocenters. The van der Waals surface area contributed by atoms with Crippen molar-refractivity contribution in [3.63, 3.8) is 0 Å². The summed E-state index contributed by atoms with van der Waals surface area (Å²) >= 11 is 0. The van der Waals surface area contributed by atoms with Gasteiger partial charge in [-0.2, -0.15) is 0 Å². The Morgan fingerprint density at radius 2 is 1.00 bits per heavy atom. The number of fused-ring (bicyclic) bond motifs is 11. The number of allylic oxidation sites excluding steroid dienone is 1. The van der Waals surface area contributed by atoms with Crippen molar-refractivity contribution in [2.24, 2.45) is 9.98 Å². The van der Waals surface area contributed by atoms with Crippen molar-refractivity contribution < 1.29 is 0 Å². The minimum Gasteiger partial charge on any atom is -0.252 e. The lowest BCUT2D eigenvalue weighted by Gasteiger charge is -2.18. The maximum absolute atomic E-state index is 5.57. The van der Waals surface area contributed by atoms with Crippen LogP contribution in [0.1, 0.15) is 36.6 Å². The van der Waals surface area contributed by atoms with Crippen molar-refractivity contribution in [2.75, 3.05) is 0 Å². The molecule has 1 aromatic heterocycles. The summed E-state index contributed by atoms with van der Waals surface area (Å²) in [5, 5.41) is 16.9. The molecule has 0 saturated heterocycles. The lowest BCUT2D eigenvalue weighted by Crippen LogP contribution is -2.12. The lowest BCUT2D eigenvalue weighted by atomic mass is 9.91. The van der Waals surface area contributed by atoms with Crippen LogP contribution in [0.15, 0.2) is 186 Å². The van der Waals surface area contributed by atoms with E-state index in [2.05, 4.69) is 171 Å². The maximum Gasteiger partial charge on any atom is 0.178 e. The molecule has 0 amide bonds. The van der Waals surface area contributed by atoms with Crippen molar-refractivity contribution in [3.05, 3.63) is 192 Å². The minimum absolute atomic E-state index is 0.624. The van der Waals surface area contributed by atoms with Gasteiger partial charge in [-0.1, -0.05) is 146 Å². The first-order valence-electron chi connectivity index (χ1n) is 19.1. The van der Waals surface area contributed by atoms with E-state index < -0.39 is 0 Å². The molecule has 2 heterocycles. The summed E-state index contributed by atoms with van der Waals surface area (Å²) in [5.41, 5.74) is 6.20. The van der Waals surface area contributed by atoms with E-state index >= 15 is 0 Å². The summed E-state index contributed by atoms with van der Waals surface area (Å²) in [5.74, 6) is 0.624. The second-order valence-corrected chi connectivity index (χ2v) is 14.8. The average Bonchev–Trinajstić information content (AvgIpc) is 3.24. The number of nitrogens with zero attached hydrogens (tertiary/aromatic N) is 3. The van der Waals surface area contributed by atoms with E-state index in [4.69, 9.17) is 15.0 Å². The van der Waals surface area contributed by atoms with E-state index in [1.54, 1.807) is 0 Å². The van der Waals surface area contributed by atoms with Gasteiger partial charge in [-0.3, -0.25) is 4.98 Å².